The minimum atomic E-state index is 0.0833. The smallest absolute Gasteiger partial charge is 0.248 e. The molecule has 1 aliphatic heterocycles. The molecule has 1 heterocycles. The lowest BCUT2D eigenvalue weighted by molar-refractivity contribution is -0.137. The molecule has 2 N–H and O–H groups in total. The maximum Gasteiger partial charge on any atom is 0.248 e. The number of hydrogen-bond acceptors (Lipinski definition) is 3. The number of hydrogen-bond donors (Lipinski definition) is 1. The highest BCUT2D eigenvalue weighted by Crippen LogP contribution is 2.27. The van der Waals surface area contributed by atoms with Crippen molar-refractivity contribution < 1.29 is 9.53 Å². The van der Waals surface area contributed by atoms with Crippen molar-refractivity contribution in [2.75, 3.05) is 32.8 Å². The summed E-state index contributed by atoms with van der Waals surface area (Å²) in [5.74, 6) is 0.662. The normalized spacial score (nSPS) is 16.6. The molecule has 0 radical (unpaired) electrons. The molecule has 1 amide bonds. The third kappa shape index (κ3) is 4.04. The highest BCUT2D eigenvalue weighted by molar-refractivity contribution is 5.77. The van der Waals surface area contributed by atoms with Crippen LogP contribution in [0.25, 0.3) is 0 Å². The predicted octanol–water partition coefficient (Wildman–Crippen LogP) is 1.37. The molecule has 0 aromatic heterocycles. The number of piperidine rings is 1. The lowest BCUT2D eigenvalue weighted by atomic mass is 9.89. The van der Waals surface area contributed by atoms with Crippen molar-refractivity contribution in [1.82, 2.24) is 4.90 Å². The fourth-order valence-corrected chi connectivity index (χ4v) is 2.52. The predicted molar refractivity (Wildman–Crippen MR) is 74.9 cm³/mol. The summed E-state index contributed by atoms with van der Waals surface area (Å²) in [6.45, 7) is 2.72. The number of likely N-dealkylation sites (tertiary alicyclic amines) is 1. The molecule has 1 fully saturated rings. The van der Waals surface area contributed by atoms with Crippen molar-refractivity contribution in [3.8, 4) is 0 Å². The first-order valence-corrected chi connectivity index (χ1v) is 6.92. The Kier molecular flexibility index (Phi) is 5.36. The number of carbonyl (C=O) groups is 1. The fraction of sp³-hybridized carbons (Fsp3) is 0.533. The summed E-state index contributed by atoms with van der Waals surface area (Å²) in [6.07, 6.45) is 2.07. The molecule has 4 nitrogen and oxygen atoms in total. The number of carbonyl (C=O) groups excluding carboxylic acids is 1. The first-order chi connectivity index (χ1) is 9.31. The van der Waals surface area contributed by atoms with Crippen molar-refractivity contribution in [2.45, 2.75) is 18.8 Å². The molecule has 0 spiro atoms. The quantitative estimate of drug-likeness (QED) is 0.815. The monoisotopic (exact) mass is 262 g/mol. The summed E-state index contributed by atoms with van der Waals surface area (Å²) in [4.78, 5) is 13.8. The number of benzene rings is 1. The summed E-state index contributed by atoms with van der Waals surface area (Å²) in [6, 6.07) is 10.5. The van der Waals surface area contributed by atoms with Crippen LogP contribution in [0.15, 0.2) is 30.3 Å². The standard InChI is InChI=1S/C15H22N2O2/c16-8-11-19-12-15(18)17-9-6-14(7-10-17)13-4-2-1-3-5-13/h1-5,14H,6-12,16H2. The SMILES string of the molecule is NCCOCC(=O)N1CCC(c2ccccc2)CC1. The fourth-order valence-electron chi connectivity index (χ4n) is 2.52. The number of nitrogens with zero attached hydrogens (tertiary/aromatic N) is 1. The second-order valence-corrected chi connectivity index (χ2v) is 4.91. The highest BCUT2D eigenvalue weighted by atomic mass is 16.5. The minimum absolute atomic E-state index is 0.0833. The Bertz CT molecular complexity index is 386. The van der Waals surface area contributed by atoms with Gasteiger partial charge in [-0.25, -0.2) is 0 Å². The van der Waals surface area contributed by atoms with Gasteiger partial charge in [-0.15, -0.1) is 0 Å². The van der Waals surface area contributed by atoms with Crippen LogP contribution in [0.3, 0.4) is 0 Å². The maximum absolute atomic E-state index is 11.9. The average Bonchev–Trinajstić information content (AvgIpc) is 2.48. The summed E-state index contributed by atoms with van der Waals surface area (Å²) < 4.78 is 5.19. The Morgan fingerprint density at radius 3 is 2.58 bits per heavy atom. The van der Waals surface area contributed by atoms with Crippen LogP contribution in [0.1, 0.15) is 24.3 Å². The van der Waals surface area contributed by atoms with Crippen molar-refractivity contribution in [2.24, 2.45) is 5.73 Å². The van der Waals surface area contributed by atoms with Crippen LogP contribution in [0.5, 0.6) is 0 Å². The average molecular weight is 262 g/mol. The van der Waals surface area contributed by atoms with E-state index in [2.05, 4.69) is 24.3 Å². The van der Waals surface area contributed by atoms with E-state index in [0.717, 1.165) is 25.9 Å². The van der Waals surface area contributed by atoms with Gasteiger partial charge in [-0.2, -0.15) is 0 Å². The van der Waals surface area contributed by atoms with Gasteiger partial charge in [0.05, 0.1) is 6.61 Å². The molecule has 4 heteroatoms. The molecule has 1 aromatic rings. The molecule has 1 aromatic carbocycles. The van der Waals surface area contributed by atoms with Gasteiger partial charge in [0.2, 0.25) is 5.91 Å². The van der Waals surface area contributed by atoms with Gasteiger partial charge in [0, 0.05) is 19.6 Å². The van der Waals surface area contributed by atoms with Crippen LogP contribution in [0.2, 0.25) is 0 Å². The zero-order chi connectivity index (χ0) is 13.5. The Hall–Kier alpha value is -1.39. The Morgan fingerprint density at radius 1 is 1.26 bits per heavy atom. The van der Waals surface area contributed by atoms with Gasteiger partial charge >= 0.3 is 0 Å². The molecule has 0 aliphatic carbocycles. The summed E-state index contributed by atoms with van der Waals surface area (Å²) >= 11 is 0. The lowest BCUT2D eigenvalue weighted by Crippen LogP contribution is -2.40. The van der Waals surface area contributed by atoms with Crippen molar-refractivity contribution in [3.63, 3.8) is 0 Å². The van der Waals surface area contributed by atoms with E-state index in [0.29, 0.717) is 19.1 Å². The summed E-state index contributed by atoms with van der Waals surface area (Å²) in [5, 5.41) is 0. The van der Waals surface area contributed by atoms with E-state index in [1.165, 1.54) is 5.56 Å². The van der Waals surface area contributed by atoms with E-state index < -0.39 is 0 Å². The largest absolute Gasteiger partial charge is 0.370 e. The molecule has 0 bridgehead atoms. The molecule has 0 unspecified atom stereocenters. The summed E-state index contributed by atoms with van der Waals surface area (Å²) in [7, 11) is 0. The Labute approximate surface area is 114 Å². The molecule has 2 rings (SSSR count). The molecule has 19 heavy (non-hydrogen) atoms. The van der Waals surface area contributed by atoms with Crippen LogP contribution >= 0.6 is 0 Å². The number of rotatable bonds is 5. The molecule has 1 aliphatic rings. The van der Waals surface area contributed by atoms with E-state index >= 15 is 0 Å². The Morgan fingerprint density at radius 2 is 1.95 bits per heavy atom. The highest BCUT2D eigenvalue weighted by Gasteiger charge is 2.23. The minimum Gasteiger partial charge on any atom is -0.370 e. The molecular weight excluding hydrogens is 240 g/mol. The number of ether oxygens (including phenoxy) is 1. The van der Waals surface area contributed by atoms with Gasteiger partial charge in [-0.05, 0) is 24.3 Å². The van der Waals surface area contributed by atoms with Crippen LogP contribution in [-0.2, 0) is 9.53 Å². The van der Waals surface area contributed by atoms with E-state index in [-0.39, 0.29) is 12.5 Å². The summed E-state index contributed by atoms with van der Waals surface area (Å²) in [5.41, 5.74) is 6.71. The first kappa shape index (κ1) is 14.0. The van der Waals surface area contributed by atoms with Gasteiger partial charge in [-0.3, -0.25) is 4.79 Å². The van der Waals surface area contributed by atoms with E-state index in [1.54, 1.807) is 0 Å². The topological polar surface area (TPSA) is 55.6 Å². The third-order valence-corrected chi connectivity index (χ3v) is 3.61. The van der Waals surface area contributed by atoms with Crippen LogP contribution in [0.4, 0.5) is 0 Å². The van der Waals surface area contributed by atoms with Crippen molar-refractivity contribution in [1.29, 1.82) is 0 Å². The second-order valence-electron chi connectivity index (χ2n) is 4.91. The maximum atomic E-state index is 11.9. The zero-order valence-electron chi connectivity index (χ0n) is 11.3. The van der Waals surface area contributed by atoms with Gasteiger partial charge in [0.25, 0.3) is 0 Å². The zero-order valence-corrected chi connectivity index (χ0v) is 11.3. The van der Waals surface area contributed by atoms with Crippen LogP contribution in [0, 0.1) is 0 Å². The number of amides is 1. The van der Waals surface area contributed by atoms with Gasteiger partial charge < -0.3 is 15.4 Å². The van der Waals surface area contributed by atoms with Gasteiger partial charge in [-0.1, -0.05) is 30.3 Å². The molecule has 104 valence electrons. The van der Waals surface area contributed by atoms with Crippen LogP contribution in [-0.4, -0.2) is 43.7 Å². The second kappa shape index (κ2) is 7.26. The molecular formula is C15H22N2O2. The van der Waals surface area contributed by atoms with Crippen LogP contribution < -0.4 is 5.73 Å². The lowest BCUT2D eigenvalue weighted by Gasteiger charge is -2.32. The van der Waals surface area contributed by atoms with E-state index in [1.807, 2.05) is 11.0 Å². The van der Waals surface area contributed by atoms with Gasteiger partial charge in [0.1, 0.15) is 6.61 Å². The molecule has 0 atom stereocenters. The van der Waals surface area contributed by atoms with Crippen molar-refractivity contribution in [3.05, 3.63) is 35.9 Å². The number of nitrogens with two attached hydrogens (primary N) is 1. The van der Waals surface area contributed by atoms with Crippen molar-refractivity contribution >= 4 is 5.91 Å². The third-order valence-electron chi connectivity index (χ3n) is 3.61. The van der Waals surface area contributed by atoms with E-state index in [4.69, 9.17) is 10.5 Å². The van der Waals surface area contributed by atoms with E-state index in [9.17, 15) is 4.79 Å². The Balaban J connectivity index is 1.77. The molecule has 0 saturated carbocycles. The van der Waals surface area contributed by atoms with Gasteiger partial charge in [0.15, 0.2) is 0 Å². The molecule has 1 saturated heterocycles. The first-order valence-electron chi connectivity index (χ1n) is 6.92.